The second-order valence-electron chi connectivity index (χ2n) is 9.17. The Morgan fingerprint density at radius 3 is 2.64 bits per heavy atom. The molecule has 3 heteroatoms. The van der Waals surface area contributed by atoms with Gasteiger partial charge < -0.3 is 5.11 Å². The summed E-state index contributed by atoms with van der Waals surface area (Å²) in [6.45, 7) is 4.48. The van der Waals surface area contributed by atoms with Crippen molar-refractivity contribution in [2.75, 3.05) is 0 Å². The Morgan fingerprint density at radius 2 is 1.86 bits per heavy atom. The minimum atomic E-state index is -0.174. The van der Waals surface area contributed by atoms with Gasteiger partial charge in [-0.25, -0.2) is 0 Å². The molecule has 0 unspecified atom stereocenters. The Morgan fingerprint density at radius 1 is 1.09 bits per heavy atom. The van der Waals surface area contributed by atoms with Gasteiger partial charge in [-0.05, 0) is 60.7 Å². The predicted octanol–water partition coefficient (Wildman–Crippen LogP) is 3.14. The van der Waals surface area contributed by atoms with E-state index in [1.165, 1.54) is 0 Å². The average Bonchev–Trinajstić information content (AvgIpc) is 2.73. The number of aliphatic hydroxyl groups is 1. The first-order valence-electron chi connectivity index (χ1n) is 9.06. The Bertz CT molecular complexity index is 527. The van der Waals surface area contributed by atoms with Crippen molar-refractivity contribution >= 4 is 11.6 Å². The van der Waals surface area contributed by atoms with Gasteiger partial charge in [0.05, 0.1) is 6.10 Å². The zero-order valence-electron chi connectivity index (χ0n) is 13.8. The number of ketones is 2. The van der Waals surface area contributed by atoms with E-state index in [4.69, 9.17) is 0 Å². The molecule has 0 heterocycles. The van der Waals surface area contributed by atoms with Gasteiger partial charge in [-0.3, -0.25) is 9.59 Å². The summed E-state index contributed by atoms with van der Waals surface area (Å²) in [5, 5.41) is 10.0. The van der Waals surface area contributed by atoms with E-state index in [1.54, 1.807) is 0 Å². The molecule has 0 aromatic rings. The van der Waals surface area contributed by atoms with Gasteiger partial charge in [0.25, 0.3) is 0 Å². The first kappa shape index (κ1) is 14.9. The molecule has 7 atom stereocenters. The summed E-state index contributed by atoms with van der Waals surface area (Å²) < 4.78 is 0. The highest BCUT2D eigenvalue weighted by Crippen LogP contribution is 2.64. The summed E-state index contributed by atoms with van der Waals surface area (Å²) in [5.41, 5.74) is -0.00108. The zero-order valence-corrected chi connectivity index (χ0v) is 13.8. The molecule has 0 radical (unpaired) electrons. The van der Waals surface area contributed by atoms with Crippen LogP contribution in [0.25, 0.3) is 0 Å². The molecule has 0 aromatic carbocycles. The van der Waals surface area contributed by atoms with Crippen LogP contribution in [0.1, 0.15) is 65.2 Å². The van der Waals surface area contributed by atoms with E-state index in [0.717, 1.165) is 32.1 Å². The minimum Gasteiger partial charge on any atom is -0.393 e. The van der Waals surface area contributed by atoms with Crippen molar-refractivity contribution in [2.45, 2.75) is 71.3 Å². The van der Waals surface area contributed by atoms with Gasteiger partial charge in [0.1, 0.15) is 11.6 Å². The lowest BCUT2D eigenvalue weighted by Gasteiger charge is -2.59. The first-order valence-corrected chi connectivity index (χ1v) is 9.06. The Labute approximate surface area is 132 Å². The number of fused-ring (bicyclic) bond motifs is 5. The molecule has 0 aliphatic heterocycles. The Hall–Kier alpha value is -0.700. The van der Waals surface area contributed by atoms with Crippen molar-refractivity contribution in [1.82, 2.24) is 0 Å². The van der Waals surface area contributed by atoms with E-state index in [-0.39, 0.29) is 22.9 Å². The van der Waals surface area contributed by atoms with Gasteiger partial charge in [0.2, 0.25) is 0 Å². The molecule has 4 aliphatic rings. The van der Waals surface area contributed by atoms with Crippen molar-refractivity contribution in [3.63, 3.8) is 0 Å². The number of rotatable bonds is 0. The second-order valence-corrected chi connectivity index (χ2v) is 9.17. The summed E-state index contributed by atoms with van der Waals surface area (Å²) in [4.78, 5) is 25.1. The number of aliphatic hydroxyl groups excluding tert-OH is 1. The average molecular weight is 304 g/mol. The summed E-state index contributed by atoms with van der Waals surface area (Å²) in [7, 11) is 0. The fraction of sp³-hybridized carbons (Fsp3) is 0.895. The maximum atomic E-state index is 13.1. The highest BCUT2D eigenvalue weighted by atomic mass is 16.3. The molecule has 0 saturated heterocycles. The molecule has 122 valence electrons. The molecule has 22 heavy (non-hydrogen) atoms. The molecule has 0 spiro atoms. The van der Waals surface area contributed by atoms with E-state index in [0.29, 0.717) is 48.6 Å². The lowest BCUT2D eigenvalue weighted by Crippen LogP contribution is -2.56. The van der Waals surface area contributed by atoms with Gasteiger partial charge in [-0.2, -0.15) is 0 Å². The van der Waals surface area contributed by atoms with Crippen LogP contribution in [-0.2, 0) is 9.59 Å². The number of hydrogen-bond acceptors (Lipinski definition) is 3. The summed E-state index contributed by atoms with van der Waals surface area (Å²) in [5.74, 6) is 2.25. The molecule has 4 aliphatic carbocycles. The Balaban J connectivity index is 1.70. The molecular weight excluding hydrogens is 276 g/mol. The van der Waals surface area contributed by atoms with E-state index >= 15 is 0 Å². The Kier molecular flexibility index (Phi) is 3.15. The molecule has 4 fully saturated rings. The molecular formula is C19H28O3. The SMILES string of the molecule is C[C@@]12CC(=O)C[C@H]1[C@@H]1CC[C@H]3C[C@H](O)CC[C@]3(C)[C@H]1C(=O)C2. The normalized spacial score (nSPS) is 54.6. The maximum Gasteiger partial charge on any atom is 0.137 e. The van der Waals surface area contributed by atoms with Crippen LogP contribution in [0.2, 0.25) is 0 Å². The third kappa shape index (κ3) is 1.90. The number of carbonyl (C=O) groups excluding carboxylic acids is 2. The van der Waals surface area contributed by atoms with Crippen molar-refractivity contribution in [3.8, 4) is 0 Å². The molecule has 0 amide bonds. The van der Waals surface area contributed by atoms with Crippen molar-refractivity contribution < 1.29 is 14.7 Å². The van der Waals surface area contributed by atoms with Gasteiger partial charge in [0, 0.05) is 25.2 Å². The summed E-state index contributed by atoms with van der Waals surface area (Å²) in [6.07, 6.45) is 6.64. The molecule has 0 bridgehead atoms. The van der Waals surface area contributed by atoms with Gasteiger partial charge in [-0.15, -0.1) is 0 Å². The van der Waals surface area contributed by atoms with Crippen LogP contribution in [-0.4, -0.2) is 22.8 Å². The smallest absolute Gasteiger partial charge is 0.137 e. The third-order valence-electron chi connectivity index (χ3n) is 7.88. The number of carbonyl (C=O) groups is 2. The number of Topliss-reactive ketones (excluding diaryl/α,β-unsaturated/α-hetero) is 2. The van der Waals surface area contributed by atoms with Gasteiger partial charge in [0.15, 0.2) is 0 Å². The lowest BCUT2D eigenvalue weighted by atomic mass is 9.45. The predicted molar refractivity (Wildman–Crippen MR) is 83.1 cm³/mol. The van der Waals surface area contributed by atoms with Gasteiger partial charge >= 0.3 is 0 Å². The fourth-order valence-corrected chi connectivity index (χ4v) is 6.86. The monoisotopic (exact) mass is 304 g/mol. The molecule has 1 N–H and O–H groups in total. The van der Waals surface area contributed by atoms with Crippen molar-refractivity contribution in [1.29, 1.82) is 0 Å². The second kappa shape index (κ2) is 4.66. The topological polar surface area (TPSA) is 54.4 Å². The van der Waals surface area contributed by atoms with Gasteiger partial charge in [-0.1, -0.05) is 13.8 Å². The van der Waals surface area contributed by atoms with Crippen molar-refractivity contribution in [3.05, 3.63) is 0 Å². The highest BCUT2D eigenvalue weighted by molar-refractivity contribution is 5.89. The van der Waals surface area contributed by atoms with E-state index < -0.39 is 0 Å². The maximum absolute atomic E-state index is 13.1. The fourth-order valence-electron chi connectivity index (χ4n) is 6.86. The summed E-state index contributed by atoms with van der Waals surface area (Å²) in [6, 6.07) is 0. The number of hydrogen-bond donors (Lipinski definition) is 1. The highest BCUT2D eigenvalue weighted by Gasteiger charge is 2.62. The molecule has 3 nitrogen and oxygen atoms in total. The molecule has 4 saturated carbocycles. The van der Waals surface area contributed by atoms with E-state index in [2.05, 4.69) is 13.8 Å². The first-order chi connectivity index (χ1) is 10.3. The zero-order chi connectivity index (χ0) is 15.7. The van der Waals surface area contributed by atoms with Crippen LogP contribution in [0.15, 0.2) is 0 Å². The van der Waals surface area contributed by atoms with Crippen LogP contribution in [0.3, 0.4) is 0 Å². The lowest BCUT2D eigenvalue weighted by molar-refractivity contribution is -0.159. The van der Waals surface area contributed by atoms with Crippen LogP contribution < -0.4 is 0 Å². The standard InChI is InChI=1S/C19H28O3/c1-18-9-13(21)8-15(18)14-4-3-11-7-12(20)5-6-19(11,2)17(14)16(22)10-18/h11-12,14-15,17,20H,3-10H2,1-2H3/t11-,12+,14-,15-,17+,18-,19-/m0/s1. The molecule has 4 rings (SSSR count). The summed E-state index contributed by atoms with van der Waals surface area (Å²) >= 11 is 0. The largest absolute Gasteiger partial charge is 0.393 e. The van der Waals surface area contributed by atoms with E-state index in [9.17, 15) is 14.7 Å². The van der Waals surface area contributed by atoms with Crippen LogP contribution in [0, 0.1) is 34.5 Å². The van der Waals surface area contributed by atoms with Crippen LogP contribution in [0.5, 0.6) is 0 Å². The molecule has 0 aromatic heterocycles. The quantitative estimate of drug-likeness (QED) is 0.748. The minimum absolute atomic E-state index is 0.0617. The van der Waals surface area contributed by atoms with Crippen LogP contribution in [0.4, 0.5) is 0 Å². The third-order valence-corrected chi connectivity index (χ3v) is 7.88. The van der Waals surface area contributed by atoms with Crippen molar-refractivity contribution in [2.24, 2.45) is 34.5 Å². The van der Waals surface area contributed by atoms with E-state index in [1.807, 2.05) is 0 Å². The van der Waals surface area contributed by atoms with Crippen LogP contribution >= 0.6 is 0 Å².